The van der Waals surface area contributed by atoms with Gasteiger partial charge in [-0.2, -0.15) is 0 Å². The number of esters is 1. The third-order valence-corrected chi connectivity index (χ3v) is 6.65. The van der Waals surface area contributed by atoms with Gasteiger partial charge in [-0.25, -0.2) is 4.79 Å². The highest BCUT2D eigenvalue weighted by Crippen LogP contribution is 2.26. The Labute approximate surface area is 225 Å². The van der Waals surface area contributed by atoms with Gasteiger partial charge in [0, 0.05) is 25.2 Å². The molecule has 0 saturated heterocycles. The average molecular weight is 519 g/mol. The van der Waals surface area contributed by atoms with E-state index in [0.717, 1.165) is 30.6 Å². The van der Waals surface area contributed by atoms with Gasteiger partial charge in [0.25, 0.3) is 5.91 Å². The summed E-state index contributed by atoms with van der Waals surface area (Å²) in [5.74, 6) is -0.890. The monoisotopic (exact) mass is 518 g/mol. The third kappa shape index (κ3) is 7.23. The van der Waals surface area contributed by atoms with Crippen LogP contribution in [-0.4, -0.2) is 38.1 Å². The van der Waals surface area contributed by atoms with Crippen LogP contribution in [0.4, 0.5) is 5.69 Å². The van der Waals surface area contributed by atoms with E-state index < -0.39 is 17.9 Å². The van der Waals surface area contributed by atoms with Crippen molar-refractivity contribution in [2.45, 2.75) is 39.7 Å². The van der Waals surface area contributed by atoms with Gasteiger partial charge in [-0.3, -0.25) is 4.79 Å². The minimum absolute atomic E-state index is 0.322. The average Bonchev–Trinajstić information content (AvgIpc) is 2.94. The van der Waals surface area contributed by atoms with Crippen molar-refractivity contribution in [3.8, 4) is 0 Å². The Bertz CT molecular complexity index is 1200. The van der Waals surface area contributed by atoms with E-state index in [2.05, 4.69) is 52.7 Å². The minimum atomic E-state index is -0.817. The zero-order chi connectivity index (χ0) is 26.8. The molecule has 1 amide bonds. The number of hydrogen-bond acceptors (Lipinski definition) is 4. The van der Waals surface area contributed by atoms with Crippen molar-refractivity contribution in [1.29, 1.82) is 0 Å². The number of halogens is 1. The van der Waals surface area contributed by atoms with E-state index in [-0.39, 0.29) is 0 Å². The molecule has 5 nitrogen and oxygen atoms in total. The second kappa shape index (κ2) is 13.7. The zero-order valence-corrected chi connectivity index (χ0v) is 22.7. The van der Waals surface area contributed by atoms with Crippen LogP contribution in [0.25, 0.3) is 5.57 Å². The molecule has 3 aromatic carbocycles. The highest BCUT2D eigenvalue weighted by Gasteiger charge is 2.24. The van der Waals surface area contributed by atoms with E-state index in [1.54, 1.807) is 12.1 Å². The lowest BCUT2D eigenvalue weighted by molar-refractivity contribution is -0.142. The van der Waals surface area contributed by atoms with E-state index in [0.29, 0.717) is 17.0 Å². The first-order valence-electron chi connectivity index (χ1n) is 12.7. The van der Waals surface area contributed by atoms with Crippen LogP contribution in [0.2, 0.25) is 5.02 Å². The quantitative estimate of drug-likeness (QED) is 0.363. The van der Waals surface area contributed by atoms with Gasteiger partial charge in [-0.1, -0.05) is 86.1 Å². The van der Waals surface area contributed by atoms with Crippen LogP contribution in [0.15, 0.2) is 78.9 Å². The molecule has 0 aromatic heterocycles. The van der Waals surface area contributed by atoms with E-state index in [1.165, 1.54) is 23.9 Å². The Kier molecular flexibility index (Phi) is 10.3. The van der Waals surface area contributed by atoms with Crippen LogP contribution in [-0.2, 0) is 16.0 Å². The molecule has 3 aromatic rings. The number of nitrogens with one attached hydrogen (secondary N) is 1. The van der Waals surface area contributed by atoms with Crippen molar-refractivity contribution in [3.05, 3.63) is 106 Å². The van der Waals surface area contributed by atoms with Gasteiger partial charge < -0.3 is 15.0 Å². The molecule has 0 bridgehead atoms. The number of rotatable bonds is 7. The fourth-order valence-electron chi connectivity index (χ4n) is 4.38. The summed E-state index contributed by atoms with van der Waals surface area (Å²) in [5.41, 5.74) is 5.77. The molecule has 1 aliphatic rings. The summed E-state index contributed by atoms with van der Waals surface area (Å²) in [7, 11) is 1.32. The first kappa shape index (κ1) is 28.0. The molecule has 1 unspecified atom stereocenters. The zero-order valence-electron chi connectivity index (χ0n) is 22.0. The number of benzene rings is 3. The first-order valence-corrected chi connectivity index (χ1v) is 13.1. The van der Waals surface area contributed by atoms with Crippen molar-refractivity contribution in [2.75, 3.05) is 25.1 Å². The fourth-order valence-corrected chi connectivity index (χ4v) is 4.69. The number of nitrogens with zero attached hydrogens (tertiary/aromatic N) is 1. The second-order valence-corrected chi connectivity index (χ2v) is 9.05. The number of ether oxygens (including phenoxy) is 1. The molecule has 0 aliphatic carbocycles. The molecular weight excluding hydrogens is 484 g/mol. The lowest BCUT2D eigenvalue weighted by atomic mass is 9.96. The Morgan fingerprint density at radius 2 is 1.70 bits per heavy atom. The van der Waals surface area contributed by atoms with Crippen molar-refractivity contribution in [2.24, 2.45) is 0 Å². The molecule has 0 saturated carbocycles. The molecule has 0 radical (unpaired) electrons. The number of anilines is 1. The highest BCUT2D eigenvalue weighted by molar-refractivity contribution is 6.34. The summed E-state index contributed by atoms with van der Waals surface area (Å²) in [5, 5.41) is 3.15. The molecule has 1 atom stereocenters. The molecule has 1 aliphatic heterocycles. The van der Waals surface area contributed by atoms with E-state index >= 15 is 0 Å². The summed E-state index contributed by atoms with van der Waals surface area (Å²) in [6.45, 7) is 7.65. The molecule has 0 spiro atoms. The Balaban J connectivity index is 0.00000186. The normalized spacial score (nSPS) is 13.5. The molecule has 1 N–H and O–H groups in total. The van der Waals surface area contributed by atoms with Crippen molar-refractivity contribution < 1.29 is 14.3 Å². The summed E-state index contributed by atoms with van der Waals surface area (Å²) in [4.78, 5) is 27.7. The second-order valence-electron chi connectivity index (χ2n) is 8.64. The van der Waals surface area contributed by atoms with Crippen LogP contribution in [0.1, 0.15) is 47.3 Å². The number of amides is 1. The minimum Gasteiger partial charge on any atom is -0.467 e. The smallest absolute Gasteiger partial charge is 0.328 e. The Hall–Kier alpha value is -3.57. The lowest BCUT2D eigenvalue weighted by Crippen LogP contribution is -2.43. The molecule has 1 heterocycles. The largest absolute Gasteiger partial charge is 0.467 e. The molecular formula is C31H35ClN2O3. The van der Waals surface area contributed by atoms with Crippen LogP contribution >= 0.6 is 11.6 Å². The number of hydrogen-bond donors (Lipinski definition) is 1. The standard InChI is InChI=1S/C29H29ClN2O3.C2H6/c1-20-7-6-10-25(30)27(20)28(33)31-26(29(34)35-2)19-21-11-13-22(14-12-21)23-15-17-32(18-16-23)24-8-4-3-5-9-24;1-2/h3-15,26H,16-19H2,1-2H3,(H,31,33);1-2H3. The van der Waals surface area contributed by atoms with E-state index in [9.17, 15) is 9.59 Å². The number of aryl methyl sites for hydroxylation is 1. The molecule has 0 fully saturated rings. The molecule has 37 heavy (non-hydrogen) atoms. The maximum atomic E-state index is 12.9. The summed E-state index contributed by atoms with van der Waals surface area (Å²) in [6.07, 6.45) is 3.56. The number of carbonyl (C=O) groups is 2. The van der Waals surface area contributed by atoms with E-state index in [1.807, 2.05) is 45.0 Å². The first-order chi connectivity index (χ1) is 18.0. The number of carbonyl (C=O) groups excluding carboxylic acids is 2. The van der Waals surface area contributed by atoms with Gasteiger partial charge in [0.1, 0.15) is 6.04 Å². The van der Waals surface area contributed by atoms with Crippen molar-refractivity contribution >= 4 is 34.7 Å². The van der Waals surface area contributed by atoms with Gasteiger partial charge in [-0.15, -0.1) is 0 Å². The summed E-state index contributed by atoms with van der Waals surface area (Å²) < 4.78 is 4.95. The predicted molar refractivity (Wildman–Crippen MR) is 152 cm³/mol. The fraction of sp³-hybridized carbons (Fsp3) is 0.290. The summed E-state index contributed by atoms with van der Waals surface area (Å²) in [6, 6.07) is 23.0. The van der Waals surface area contributed by atoms with E-state index in [4.69, 9.17) is 16.3 Å². The Morgan fingerprint density at radius 1 is 1.00 bits per heavy atom. The van der Waals surface area contributed by atoms with Gasteiger partial charge in [0.05, 0.1) is 17.7 Å². The van der Waals surface area contributed by atoms with Crippen LogP contribution in [0.3, 0.4) is 0 Å². The highest BCUT2D eigenvalue weighted by atomic mass is 35.5. The lowest BCUT2D eigenvalue weighted by Gasteiger charge is -2.28. The van der Waals surface area contributed by atoms with Crippen molar-refractivity contribution in [1.82, 2.24) is 5.32 Å². The van der Waals surface area contributed by atoms with Gasteiger partial charge in [0.2, 0.25) is 0 Å². The number of methoxy groups -OCH3 is 1. The SMILES string of the molecule is CC.COC(=O)C(Cc1ccc(C2=CCN(c3ccccc3)CC2)cc1)NC(=O)c1c(C)cccc1Cl. The van der Waals surface area contributed by atoms with Gasteiger partial charge in [-0.05, 0) is 53.8 Å². The topological polar surface area (TPSA) is 58.6 Å². The Morgan fingerprint density at radius 3 is 2.30 bits per heavy atom. The third-order valence-electron chi connectivity index (χ3n) is 6.34. The van der Waals surface area contributed by atoms with Crippen LogP contribution in [0.5, 0.6) is 0 Å². The molecule has 6 heteroatoms. The van der Waals surface area contributed by atoms with Crippen molar-refractivity contribution in [3.63, 3.8) is 0 Å². The van der Waals surface area contributed by atoms with Crippen LogP contribution in [0, 0.1) is 6.92 Å². The molecule has 194 valence electrons. The summed E-state index contributed by atoms with van der Waals surface area (Å²) >= 11 is 6.23. The maximum Gasteiger partial charge on any atom is 0.328 e. The van der Waals surface area contributed by atoms with Crippen LogP contribution < -0.4 is 10.2 Å². The van der Waals surface area contributed by atoms with Gasteiger partial charge >= 0.3 is 5.97 Å². The maximum absolute atomic E-state index is 12.9. The molecule has 4 rings (SSSR count). The number of para-hydroxylation sites is 1. The predicted octanol–water partition coefficient (Wildman–Crippen LogP) is 6.48. The van der Waals surface area contributed by atoms with Gasteiger partial charge in [0.15, 0.2) is 0 Å².